The van der Waals surface area contributed by atoms with E-state index in [1.807, 2.05) is 0 Å². The Labute approximate surface area is 163 Å². The zero-order chi connectivity index (χ0) is 20.7. The Kier molecular flexibility index (Phi) is 4.53. The van der Waals surface area contributed by atoms with Crippen molar-refractivity contribution in [1.82, 2.24) is 14.6 Å². The predicted octanol–water partition coefficient (Wildman–Crippen LogP) is 2.77. The number of aliphatic hydroxyl groups is 1. The van der Waals surface area contributed by atoms with Gasteiger partial charge in [-0.2, -0.15) is 0 Å². The molecular weight excluding hydrogens is 384 g/mol. The van der Waals surface area contributed by atoms with Crippen LogP contribution in [0.2, 0.25) is 0 Å². The molecule has 0 saturated carbocycles. The second kappa shape index (κ2) is 7.04. The lowest BCUT2D eigenvalue weighted by molar-refractivity contribution is 0.0529. The van der Waals surface area contributed by atoms with E-state index in [9.17, 15) is 18.7 Å². The van der Waals surface area contributed by atoms with E-state index in [0.29, 0.717) is 5.82 Å². The molecule has 1 atom stereocenters. The predicted molar refractivity (Wildman–Crippen MR) is 101 cm³/mol. The zero-order valence-corrected chi connectivity index (χ0v) is 15.3. The normalized spacial score (nSPS) is 16.3. The maximum atomic E-state index is 14.3. The number of anilines is 2. The summed E-state index contributed by atoms with van der Waals surface area (Å²) >= 11 is 0. The molecular formula is C19H17F2N5O3. The first-order chi connectivity index (χ1) is 13.9. The molecule has 1 aliphatic rings. The molecule has 10 heteroatoms. The molecule has 2 aromatic heterocycles. The van der Waals surface area contributed by atoms with Crippen molar-refractivity contribution in [1.29, 1.82) is 0 Å². The summed E-state index contributed by atoms with van der Waals surface area (Å²) < 4.78 is 34.4. The summed E-state index contributed by atoms with van der Waals surface area (Å²) in [6, 6.07) is 3.91. The Morgan fingerprint density at radius 2 is 2.17 bits per heavy atom. The number of carbonyl (C=O) groups is 1. The van der Waals surface area contributed by atoms with Crippen LogP contribution < -0.4 is 10.6 Å². The largest absolute Gasteiger partial charge is 0.511 e. The minimum atomic E-state index is -0.785. The van der Waals surface area contributed by atoms with Gasteiger partial charge in [0.25, 0.3) is 0 Å². The second-order valence-corrected chi connectivity index (χ2v) is 6.43. The monoisotopic (exact) mass is 401 g/mol. The van der Waals surface area contributed by atoms with E-state index in [0.717, 1.165) is 18.2 Å². The number of nitrogens with zero attached hydrogens (tertiary/aromatic N) is 4. The van der Waals surface area contributed by atoms with Crippen LogP contribution in [0.3, 0.4) is 0 Å². The van der Waals surface area contributed by atoms with Crippen LogP contribution in [0.15, 0.2) is 42.3 Å². The number of nitrogens with two attached hydrogens (primary N) is 1. The number of ether oxygens (including phenoxy) is 1. The third-order valence-corrected chi connectivity index (χ3v) is 4.57. The molecule has 8 nitrogen and oxygen atoms in total. The van der Waals surface area contributed by atoms with Gasteiger partial charge >= 0.3 is 5.97 Å². The van der Waals surface area contributed by atoms with Gasteiger partial charge in [0.15, 0.2) is 11.5 Å². The van der Waals surface area contributed by atoms with Crippen molar-refractivity contribution >= 4 is 23.3 Å². The van der Waals surface area contributed by atoms with Gasteiger partial charge < -0.3 is 20.5 Å². The first kappa shape index (κ1) is 18.7. The molecule has 0 fully saturated rings. The van der Waals surface area contributed by atoms with E-state index < -0.39 is 23.6 Å². The van der Waals surface area contributed by atoms with Gasteiger partial charge in [-0.15, -0.1) is 5.10 Å². The SMILES string of the molecule is CCOC(=O)c1c(N)nn2ccc(N3CC(O)=CC3c3cc(F)ccc3F)nc12. The molecule has 3 aromatic rings. The molecule has 29 heavy (non-hydrogen) atoms. The molecule has 1 unspecified atom stereocenters. The summed E-state index contributed by atoms with van der Waals surface area (Å²) in [7, 11) is 0. The molecule has 0 spiro atoms. The Bertz CT molecular complexity index is 1140. The first-order valence-corrected chi connectivity index (χ1v) is 8.82. The molecule has 0 aliphatic carbocycles. The van der Waals surface area contributed by atoms with Crippen molar-refractivity contribution < 1.29 is 23.4 Å². The second-order valence-electron chi connectivity index (χ2n) is 6.43. The van der Waals surface area contributed by atoms with E-state index in [1.165, 1.54) is 16.8 Å². The van der Waals surface area contributed by atoms with Gasteiger partial charge in [0.05, 0.1) is 19.2 Å². The summed E-state index contributed by atoms with van der Waals surface area (Å²) in [5, 5.41) is 14.1. The van der Waals surface area contributed by atoms with E-state index in [-0.39, 0.29) is 41.5 Å². The quantitative estimate of drug-likeness (QED) is 0.648. The van der Waals surface area contributed by atoms with Crippen LogP contribution in [-0.4, -0.2) is 38.8 Å². The molecule has 0 radical (unpaired) electrons. The van der Waals surface area contributed by atoms with Gasteiger partial charge in [0.1, 0.15) is 28.8 Å². The number of hydrogen-bond donors (Lipinski definition) is 2. The van der Waals surface area contributed by atoms with Gasteiger partial charge in [-0.05, 0) is 37.3 Å². The van der Waals surface area contributed by atoms with Gasteiger partial charge in [-0.1, -0.05) is 0 Å². The average molecular weight is 401 g/mol. The fourth-order valence-electron chi connectivity index (χ4n) is 3.32. The van der Waals surface area contributed by atoms with Crippen LogP contribution in [0.25, 0.3) is 5.65 Å². The molecule has 150 valence electrons. The Balaban J connectivity index is 1.80. The Hall–Kier alpha value is -3.69. The van der Waals surface area contributed by atoms with Crippen LogP contribution in [0.1, 0.15) is 28.9 Å². The molecule has 0 amide bonds. The number of aromatic nitrogens is 3. The molecule has 1 aromatic carbocycles. The van der Waals surface area contributed by atoms with Gasteiger partial charge in [0, 0.05) is 11.8 Å². The topological polar surface area (TPSA) is 106 Å². The Morgan fingerprint density at radius 1 is 1.38 bits per heavy atom. The third kappa shape index (κ3) is 3.22. The number of halogens is 2. The fraction of sp³-hybridized carbons (Fsp3) is 0.211. The smallest absolute Gasteiger partial charge is 0.345 e. The summed E-state index contributed by atoms with van der Waals surface area (Å²) in [4.78, 5) is 18.2. The number of hydrogen-bond acceptors (Lipinski definition) is 7. The van der Waals surface area contributed by atoms with Crippen molar-refractivity contribution in [3.05, 3.63) is 65.1 Å². The maximum absolute atomic E-state index is 14.3. The number of aliphatic hydroxyl groups excluding tert-OH is 1. The number of carbonyl (C=O) groups excluding carboxylic acids is 1. The number of fused-ring (bicyclic) bond motifs is 1. The maximum Gasteiger partial charge on any atom is 0.345 e. The highest BCUT2D eigenvalue weighted by atomic mass is 19.1. The minimum Gasteiger partial charge on any atom is -0.511 e. The molecule has 0 saturated heterocycles. The van der Waals surface area contributed by atoms with Crippen LogP contribution in [0, 0.1) is 11.6 Å². The standard InChI is InChI=1S/C19H17F2N5O3/c1-2-29-19(28)16-17(22)24-26-6-5-15(23-18(16)26)25-9-11(27)8-14(25)12-7-10(20)3-4-13(12)21/h3-8,14,27H,2,9H2,1H3,(H2,22,24). The fourth-order valence-corrected chi connectivity index (χ4v) is 3.32. The van der Waals surface area contributed by atoms with Gasteiger partial charge in [-0.25, -0.2) is 23.1 Å². The number of benzene rings is 1. The van der Waals surface area contributed by atoms with Gasteiger partial charge in [0.2, 0.25) is 0 Å². The molecule has 0 bridgehead atoms. The molecule has 3 heterocycles. The third-order valence-electron chi connectivity index (χ3n) is 4.57. The average Bonchev–Trinajstić information content (AvgIpc) is 3.22. The van der Waals surface area contributed by atoms with E-state index >= 15 is 0 Å². The number of esters is 1. The summed E-state index contributed by atoms with van der Waals surface area (Å²) in [6.45, 7) is 1.84. The summed E-state index contributed by atoms with van der Waals surface area (Å²) in [6.07, 6.45) is 2.95. The lowest BCUT2D eigenvalue weighted by Gasteiger charge is -2.26. The summed E-state index contributed by atoms with van der Waals surface area (Å²) in [5.41, 5.74) is 6.06. The zero-order valence-electron chi connectivity index (χ0n) is 15.3. The van der Waals surface area contributed by atoms with Crippen LogP contribution in [-0.2, 0) is 4.74 Å². The molecule has 1 aliphatic heterocycles. The van der Waals surface area contributed by atoms with E-state index in [4.69, 9.17) is 10.5 Å². The molecule has 4 rings (SSSR count). The van der Waals surface area contributed by atoms with Crippen LogP contribution >= 0.6 is 0 Å². The highest BCUT2D eigenvalue weighted by molar-refractivity contribution is 6.00. The molecule has 3 N–H and O–H groups in total. The Morgan fingerprint density at radius 3 is 2.93 bits per heavy atom. The van der Waals surface area contributed by atoms with Crippen LogP contribution in [0.5, 0.6) is 0 Å². The van der Waals surface area contributed by atoms with E-state index in [1.54, 1.807) is 17.9 Å². The van der Waals surface area contributed by atoms with Gasteiger partial charge in [-0.3, -0.25) is 0 Å². The lowest BCUT2D eigenvalue weighted by Crippen LogP contribution is -2.26. The van der Waals surface area contributed by atoms with E-state index in [2.05, 4.69) is 10.1 Å². The van der Waals surface area contributed by atoms with Crippen molar-refractivity contribution in [3.63, 3.8) is 0 Å². The highest BCUT2D eigenvalue weighted by Crippen LogP contribution is 2.35. The summed E-state index contributed by atoms with van der Waals surface area (Å²) in [5.74, 6) is -1.62. The van der Waals surface area contributed by atoms with Crippen molar-refractivity contribution in [2.75, 3.05) is 23.8 Å². The number of rotatable bonds is 4. The minimum absolute atomic E-state index is 0.0126. The lowest BCUT2D eigenvalue weighted by atomic mass is 10.1. The highest BCUT2D eigenvalue weighted by Gasteiger charge is 2.31. The van der Waals surface area contributed by atoms with Crippen molar-refractivity contribution in [2.24, 2.45) is 0 Å². The number of nitrogen functional groups attached to an aromatic ring is 1. The van der Waals surface area contributed by atoms with Crippen LogP contribution in [0.4, 0.5) is 20.4 Å². The van der Waals surface area contributed by atoms with Crippen molar-refractivity contribution in [3.8, 4) is 0 Å². The van der Waals surface area contributed by atoms with Crippen molar-refractivity contribution in [2.45, 2.75) is 13.0 Å². The first-order valence-electron chi connectivity index (χ1n) is 8.82.